The van der Waals surface area contributed by atoms with Crippen LogP contribution in [0.5, 0.6) is 0 Å². The van der Waals surface area contributed by atoms with Gasteiger partial charge in [-0.05, 0) is 17.3 Å². The van der Waals surface area contributed by atoms with Gasteiger partial charge in [-0.25, -0.2) is 0 Å². The SMILES string of the molecule is CC[Si](Br)(CC)c1ccccc1. The molecule has 0 fully saturated rings. The monoisotopic (exact) mass is 242 g/mol. The fraction of sp³-hybridized carbons (Fsp3) is 0.400. The van der Waals surface area contributed by atoms with E-state index in [1.807, 2.05) is 0 Å². The molecule has 1 aromatic carbocycles. The Kier molecular flexibility index (Phi) is 3.53. The molecule has 66 valence electrons. The second kappa shape index (κ2) is 4.24. The highest BCUT2D eigenvalue weighted by Crippen LogP contribution is 2.21. The molecule has 0 heterocycles. The molecule has 12 heavy (non-hydrogen) atoms. The van der Waals surface area contributed by atoms with Crippen molar-refractivity contribution in [2.24, 2.45) is 0 Å². The Hall–Kier alpha value is -0.0831. The van der Waals surface area contributed by atoms with Crippen molar-refractivity contribution in [1.82, 2.24) is 0 Å². The molecule has 0 saturated carbocycles. The lowest BCUT2D eigenvalue weighted by Gasteiger charge is -2.21. The van der Waals surface area contributed by atoms with Crippen LogP contribution in [0.15, 0.2) is 30.3 Å². The van der Waals surface area contributed by atoms with Crippen LogP contribution in [0.2, 0.25) is 12.1 Å². The van der Waals surface area contributed by atoms with E-state index < -0.39 is 6.69 Å². The summed E-state index contributed by atoms with van der Waals surface area (Å²) in [6.45, 7) is 3.29. The Labute approximate surface area is 83.6 Å². The quantitative estimate of drug-likeness (QED) is 0.564. The van der Waals surface area contributed by atoms with Crippen LogP contribution in [0.1, 0.15) is 13.8 Å². The summed E-state index contributed by atoms with van der Waals surface area (Å²) in [5.41, 5.74) is 0. The van der Waals surface area contributed by atoms with E-state index in [2.05, 4.69) is 59.5 Å². The van der Waals surface area contributed by atoms with Crippen molar-refractivity contribution >= 4 is 27.2 Å². The van der Waals surface area contributed by atoms with Crippen molar-refractivity contribution in [2.75, 3.05) is 0 Å². The molecule has 0 atom stereocenters. The Morgan fingerprint density at radius 3 is 2.00 bits per heavy atom. The molecule has 0 unspecified atom stereocenters. The highest BCUT2D eigenvalue weighted by atomic mass is 79.9. The topological polar surface area (TPSA) is 0 Å². The predicted molar refractivity (Wildman–Crippen MR) is 61.7 cm³/mol. The number of hydrogen-bond acceptors (Lipinski definition) is 0. The lowest BCUT2D eigenvalue weighted by atomic mass is 10.4. The number of halogens is 1. The van der Waals surface area contributed by atoms with Crippen molar-refractivity contribution in [3.8, 4) is 0 Å². The van der Waals surface area contributed by atoms with Crippen LogP contribution in [0.25, 0.3) is 0 Å². The zero-order valence-electron chi connectivity index (χ0n) is 7.68. The molecule has 0 N–H and O–H groups in total. The van der Waals surface area contributed by atoms with Gasteiger partial charge in [-0.1, -0.05) is 44.2 Å². The average molecular weight is 243 g/mol. The molecule has 0 aliphatic rings. The van der Waals surface area contributed by atoms with Crippen molar-refractivity contribution in [3.05, 3.63) is 30.3 Å². The Bertz CT molecular complexity index is 229. The Balaban J connectivity index is 2.95. The molecule has 1 aromatic rings. The fourth-order valence-corrected chi connectivity index (χ4v) is 4.29. The third kappa shape index (κ3) is 1.99. The molecule has 0 amide bonds. The predicted octanol–water partition coefficient (Wildman–Crippen LogP) is 3.27. The summed E-state index contributed by atoms with van der Waals surface area (Å²) in [5.74, 6) is 0. The van der Waals surface area contributed by atoms with Gasteiger partial charge in [0.1, 0.15) is 0 Å². The van der Waals surface area contributed by atoms with E-state index >= 15 is 0 Å². The van der Waals surface area contributed by atoms with E-state index in [0.717, 1.165) is 0 Å². The summed E-state index contributed by atoms with van der Waals surface area (Å²) < 4.78 is 0. The van der Waals surface area contributed by atoms with Gasteiger partial charge in [0.2, 0.25) is 0 Å². The molecule has 0 saturated heterocycles. The van der Waals surface area contributed by atoms with Crippen LogP contribution in [0.4, 0.5) is 0 Å². The average Bonchev–Trinajstić information content (AvgIpc) is 2.18. The van der Waals surface area contributed by atoms with E-state index in [0.29, 0.717) is 0 Å². The molecule has 0 spiro atoms. The maximum absolute atomic E-state index is 3.93. The zero-order valence-corrected chi connectivity index (χ0v) is 10.3. The molecule has 0 nitrogen and oxygen atoms in total. The van der Waals surface area contributed by atoms with E-state index in [1.54, 1.807) is 0 Å². The first-order chi connectivity index (χ1) is 5.73. The first-order valence-electron chi connectivity index (χ1n) is 4.47. The van der Waals surface area contributed by atoms with Gasteiger partial charge < -0.3 is 0 Å². The summed E-state index contributed by atoms with van der Waals surface area (Å²) in [7, 11) is 0. The second-order valence-electron chi connectivity index (χ2n) is 3.04. The number of benzene rings is 1. The van der Waals surface area contributed by atoms with Gasteiger partial charge in [-0.2, -0.15) is 0 Å². The van der Waals surface area contributed by atoms with Gasteiger partial charge in [0.15, 0.2) is 6.69 Å². The third-order valence-electron chi connectivity index (χ3n) is 2.41. The first kappa shape index (κ1) is 10.0. The molecular weight excluding hydrogens is 228 g/mol. The fourth-order valence-electron chi connectivity index (χ4n) is 1.40. The molecular formula is C10H15BrSi. The minimum Gasteiger partial charge on any atom is -0.120 e. The molecule has 2 heteroatoms. The minimum atomic E-state index is -1.26. The highest BCUT2D eigenvalue weighted by Gasteiger charge is 2.27. The van der Waals surface area contributed by atoms with Gasteiger partial charge in [-0.3, -0.25) is 0 Å². The summed E-state index contributed by atoms with van der Waals surface area (Å²) in [6.07, 6.45) is 0. The van der Waals surface area contributed by atoms with Gasteiger partial charge >= 0.3 is 0 Å². The van der Waals surface area contributed by atoms with Crippen molar-refractivity contribution in [2.45, 2.75) is 25.9 Å². The van der Waals surface area contributed by atoms with Crippen LogP contribution in [0, 0.1) is 0 Å². The molecule has 0 bridgehead atoms. The van der Waals surface area contributed by atoms with Gasteiger partial charge in [0, 0.05) is 0 Å². The normalized spacial score (nSPS) is 11.6. The lowest BCUT2D eigenvalue weighted by Crippen LogP contribution is -2.39. The summed E-state index contributed by atoms with van der Waals surface area (Å²) in [4.78, 5) is 0. The maximum atomic E-state index is 3.93. The molecule has 0 aliphatic heterocycles. The summed E-state index contributed by atoms with van der Waals surface area (Å²) in [6, 6.07) is 13.4. The smallest absolute Gasteiger partial charge is 0.120 e. The third-order valence-corrected chi connectivity index (χ3v) is 10.8. The standard InChI is InChI=1S/C10H15BrSi/c1-3-12(11,4-2)10-8-6-5-7-9-10/h5-9H,3-4H2,1-2H3. The Morgan fingerprint density at radius 1 is 1.08 bits per heavy atom. The van der Waals surface area contributed by atoms with Crippen molar-refractivity contribution in [1.29, 1.82) is 0 Å². The van der Waals surface area contributed by atoms with E-state index in [-0.39, 0.29) is 0 Å². The van der Waals surface area contributed by atoms with Gasteiger partial charge in [-0.15, -0.1) is 15.3 Å². The molecule has 1 rings (SSSR count). The van der Waals surface area contributed by atoms with Crippen LogP contribution < -0.4 is 5.19 Å². The van der Waals surface area contributed by atoms with Gasteiger partial charge in [0.25, 0.3) is 0 Å². The summed E-state index contributed by atoms with van der Waals surface area (Å²) in [5, 5.41) is 1.52. The van der Waals surface area contributed by atoms with Crippen LogP contribution in [0.3, 0.4) is 0 Å². The van der Waals surface area contributed by atoms with Gasteiger partial charge in [0.05, 0.1) is 0 Å². The van der Waals surface area contributed by atoms with Crippen molar-refractivity contribution < 1.29 is 0 Å². The minimum absolute atomic E-state index is 1.26. The van der Waals surface area contributed by atoms with E-state index in [9.17, 15) is 0 Å². The second-order valence-corrected chi connectivity index (χ2v) is 11.5. The van der Waals surface area contributed by atoms with E-state index in [4.69, 9.17) is 0 Å². The van der Waals surface area contributed by atoms with Crippen LogP contribution in [-0.2, 0) is 0 Å². The molecule has 0 radical (unpaired) electrons. The van der Waals surface area contributed by atoms with Crippen molar-refractivity contribution in [3.63, 3.8) is 0 Å². The largest absolute Gasteiger partial charge is 0.160 e. The van der Waals surface area contributed by atoms with Crippen LogP contribution in [-0.4, -0.2) is 6.69 Å². The molecule has 0 aliphatic carbocycles. The zero-order chi connectivity index (χ0) is 9.03. The summed E-state index contributed by atoms with van der Waals surface area (Å²) >= 11 is 3.93. The number of hydrogen-bond donors (Lipinski definition) is 0. The van der Waals surface area contributed by atoms with Crippen LogP contribution >= 0.6 is 15.3 Å². The highest BCUT2D eigenvalue weighted by molar-refractivity contribution is 9.26. The Morgan fingerprint density at radius 2 is 1.58 bits per heavy atom. The maximum Gasteiger partial charge on any atom is 0.160 e. The lowest BCUT2D eigenvalue weighted by molar-refractivity contribution is 1.32. The molecule has 0 aromatic heterocycles. The first-order valence-corrected chi connectivity index (χ1v) is 9.14. The number of rotatable bonds is 3. The van der Waals surface area contributed by atoms with E-state index in [1.165, 1.54) is 17.3 Å².